The SMILES string of the molecule is COCCN(CCC#N)S(=O)(=O)c1ccc(C(C)N)cc1. The normalized spacial score (nSPS) is 13.1. The minimum Gasteiger partial charge on any atom is -0.383 e. The molecule has 0 radical (unpaired) electrons. The summed E-state index contributed by atoms with van der Waals surface area (Å²) < 4.78 is 31.3. The van der Waals surface area contributed by atoms with Crippen LogP contribution < -0.4 is 5.73 Å². The van der Waals surface area contributed by atoms with Crippen LogP contribution in [-0.2, 0) is 14.8 Å². The van der Waals surface area contributed by atoms with E-state index >= 15 is 0 Å². The number of hydrogen-bond acceptors (Lipinski definition) is 5. The Bertz CT molecular complexity index is 576. The number of nitrogens with two attached hydrogens (primary N) is 1. The lowest BCUT2D eigenvalue weighted by molar-refractivity contribution is 0.179. The minimum atomic E-state index is -3.63. The first-order valence-corrected chi connectivity index (χ1v) is 8.09. The van der Waals surface area contributed by atoms with Gasteiger partial charge in [0.15, 0.2) is 0 Å². The average molecular weight is 311 g/mol. The Labute approximate surface area is 126 Å². The third-order valence-electron chi connectivity index (χ3n) is 3.06. The molecule has 21 heavy (non-hydrogen) atoms. The maximum Gasteiger partial charge on any atom is 0.243 e. The lowest BCUT2D eigenvalue weighted by Gasteiger charge is -2.21. The molecule has 0 saturated carbocycles. The van der Waals surface area contributed by atoms with Gasteiger partial charge in [0.25, 0.3) is 0 Å². The highest BCUT2D eigenvalue weighted by atomic mass is 32.2. The summed E-state index contributed by atoms with van der Waals surface area (Å²) in [6.45, 7) is 2.48. The van der Waals surface area contributed by atoms with Gasteiger partial charge in [-0.15, -0.1) is 0 Å². The zero-order chi connectivity index (χ0) is 15.9. The summed E-state index contributed by atoms with van der Waals surface area (Å²) in [7, 11) is -2.12. The van der Waals surface area contributed by atoms with E-state index in [9.17, 15) is 8.42 Å². The molecule has 0 fully saturated rings. The summed E-state index contributed by atoms with van der Waals surface area (Å²) >= 11 is 0. The van der Waals surface area contributed by atoms with E-state index in [0.29, 0.717) is 0 Å². The number of methoxy groups -OCH3 is 1. The molecule has 116 valence electrons. The van der Waals surface area contributed by atoms with Crippen molar-refractivity contribution in [3.8, 4) is 6.07 Å². The summed E-state index contributed by atoms with van der Waals surface area (Å²) in [5, 5.41) is 8.66. The lowest BCUT2D eigenvalue weighted by atomic mass is 10.1. The summed E-state index contributed by atoms with van der Waals surface area (Å²) in [5.41, 5.74) is 6.62. The fourth-order valence-electron chi connectivity index (χ4n) is 1.81. The second-order valence-electron chi connectivity index (χ2n) is 4.66. The molecule has 0 heterocycles. The first-order valence-electron chi connectivity index (χ1n) is 6.65. The standard InChI is InChI=1S/C14H21N3O3S/c1-12(16)13-4-6-14(7-5-13)21(18,19)17(9-3-8-15)10-11-20-2/h4-7,12H,3,9-11,16H2,1-2H3. The highest BCUT2D eigenvalue weighted by molar-refractivity contribution is 7.89. The van der Waals surface area contributed by atoms with E-state index in [1.54, 1.807) is 24.3 Å². The molecule has 0 amide bonds. The van der Waals surface area contributed by atoms with Gasteiger partial charge in [-0.1, -0.05) is 12.1 Å². The summed E-state index contributed by atoms with van der Waals surface area (Å²) in [5.74, 6) is 0. The fraction of sp³-hybridized carbons (Fsp3) is 0.500. The van der Waals surface area contributed by atoms with Gasteiger partial charge in [-0.2, -0.15) is 9.57 Å². The molecular formula is C14H21N3O3S. The molecule has 0 aliphatic rings. The van der Waals surface area contributed by atoms with Crippen molar-refractivity contribution in [2.24, 2.45) is 5.73 Å². The van der Waals surface area contributed by atoms with Gasteiger partial charge >= 0.3 is 0 Å². The number of ether oxygens (including phenoxy) is 1. The molecule has 1 aromatic carbocycles. The van der Waals surface area contributed by atoms with Gasteiger partial charge in [-0.3, -0.25) is 0 Å². The zero-order valence-electron chi connectivity index (χ0n) is 12.3. The second-order valence-corrected chi connectivity index (χ2v) is 6.60. The van der Waals surface area contributed by atoms with Crippen molar-refractivity contribution in [3.05, 3.63) is 29.8 Å². The molecular weight excluding hydrogens is 290 g/mol. The van der Waals surface area contributed by atoms with Crippen LogP contribution in [0.3, 0.4) is 0 Å². The molecule has 2 N–H and O–H groups in total. The Balaban J connectivity index is 3.00. The molecule has 1 rings (SSSR count). The molecule has 0 aliphatic carbocycles. The predicted octanol–water partition coefficient (Wildman–Crippen LogP) is 1.26. The van der Waals surface area contributed by atoms with E-state index in [-0.39, 0.29) is 37.1 Å². The molecule has 0 aliphatic heterocycles. The topological polar surface area (TPSA) is 96.4 Å². The van der Waals surface area contributed by atoms with Crippen molar-refractivity contribution in [3.63, 3.8) is 0 Å². The van der Waals surface area contributed by atoms with Crippen molar-refractivity contribution in [2.45, 2.75) is 24.3 Å². The van der Waals surface area contributed by atoms with Crippen LogP contribution in [0.25, 0.3) is 0 Å². The van der Waals surface area contributed by atoms with Crippen LogP contribution in [0.5, 0.6) is 0 Å². The van der Waals surface area contributed by atoms with Gasteiger partial charge in [0, 0.05) is 32.7 Å². The van der Waals surface area contributed by atoms with Crippen LogP contribution in [0.2, 0.25) is 0 Å². The quantitative estimate of drug-likeness (QED) is 0.779. The fourth-order valence-corrected chi connectivity index (χ4v) is 3.24. The average Bonchev–Trinajstić information content (AvgIpc) is 2.47. The summed E-state index contributed by atoms with van der Waals surface area (Å²) in [6.07, 6.45) is 0.140. The van der Waals surface area contributed by atoms with E-state index in [4.69, 9.17) is 15.7 Å². The molecule has 7 heteroatoms. The van der Waals surface area contributed by atoms with Crippen molar-refractivity contribution in [1.29, 1.82) is 5.26 Å². The van der Waals surface area contributed by atoms with Gasteiger partial charge < -0.3 is 10.5 Å². The molecule has 1 atom stereocenters. The molecule has 0 bridgehead atoms. The van der Waals surface area contributed by atoms with Crippen LogP contribution in [0.1, 0.15) is 24.9 Å². The van der Waals surface area contributed by atoms with Gasteiger partial charge in [0.2, 0.25) is 10.0 Å². The highest BCUT2D eigenvalue weighted by Crippen LogP contribution is 2.18. The first-order chi connectivity index (χ1) is 9.93. The lowest BCUT2D eigenvalue weighted by Crippen LogP contribution is -2.34. The Morgan fingerprint density at radius 2 is 1.95 bits per heavy atom. The number of nitrogens with zero attached hydrogens (tertiary/aromatic N) is 2. The largest absolute Gasteiger partial charge is 0.383 e. The maximum absolute atomic E-state index is 12.6. The number of sulfonamides is 1. The first kappa shape index (κ1) is 17.6. The second kappa shape index (κ2) is 8.10. The maximum atomic E-state index is 12.6. The molecule has 6 nitrogen and oxygen atoms in total. The van der Waals surface area contributed by atoms with Gasteiger partial charge in [0.05, 0.1) is 17.6 Å². The molecule has 1 aromatic rings. The number of benzene rings is 1. The molecule has 0 saturated heterocycles. The highest BCUT2D eigenvalue weighted by Gasteiger charge is 2.23. The smallest absolute Gasteiger partial charge is 0.243 e. The van der Waals surface area contributed by atoms with Crippen LogP contribution in [0.4, 0.5) is 0 Å². The monoisotopic (exact) mass is 311 g/mol. The van der Waals surface area contributed by atoms with Crippen molar-refractivity contribution in [2.75, 3.05) is 26.8 Å². The van der Waals surface area contributed by atoms with Gasteiger partial charge in [-0.05, 0) is 24.6 Å². The Kier molecular flexibility index (Phi) is 6.78. The Morgan fingerprint density at radius 1 is 1.33 bits per heavy atom. The third-order valence-corrected chi connectivity index (χ3v) is 4.97. The molecule has 0 spiro atoms. The van der Waals surface area contributed by atoms with Crippen LogP contribution in [0.15, 0.2) is 29.2 Å². The number of hydrogen-bond donors (Lipinski definition) is 1. The number of nitriles is 1. The molecule has 0 aromatic heterocycles. The van der Waals surface area contributed by atoms with Crippen molar-refractivity contribution in [1.82, 2.24) is 4.31 Å². The van der Waals surface area contributed by atoms with E-state index in [2.05, 4.69) is 0 Å². The van der Waals surface area contributed by atoms with E-state index in [1.807, 2.05) is 13.0 Å². The zero-order valence-corrected chi connectivity index (χ0v) is 13.1. The van der Waals surface area contributed by atoms with Gasteiger partial charge in [0.1, 0.15) is 0 Å². The Hall–Kier alpha value is -1.46. The minimum absolute atomic E-state index is 0.140. The predicted molar refractivity (Wildman–Crippen MR) is 79.9 cm³/mol. The Morgan fingerprint density at radius 3 is 2.43 bits per heavy atom. The van der Waals surface area contributed by atoms with Gasteiger partial charge in [-0.25, -0.2) is 8.42 Å². The van der Waals surface area contributed by atoms with Crippen molar-refractivity contribution < 1.29 is 13.2 Å². The third kappa shape index (κ3) is 4.79. The van der Waals surface area contributed by atoms with E-state index in [0.717, 1.165) is 5.56 Å². The van der Waals surface area contributed by atoms with E-state index in [1.165, 1.54) is 11.4 Å². The van der Waals surface area contributed by atoms with Crippen LogP contribution in [-0.4, -0.2) is 39.5 Å². The van der Waals surface area contributed by atoms with Crippen LogP contribution in [0, 0.1) is 11.3 Å². The van der Waals surface area contributed by atoms with Crippen molar-refractivity contribution >= 4 is 10.0 Å². The molecule has 1 unspecified atom stereocenters. The van der Waals surface area contributed by atoms with E-state index < -0.39 is 10.0 Å². The van der Waals surface area contributed by atoms with Crippen LogP contribution >= 0.6 is 0 Å². The number of rotatable bonds is 8. The summed E-state index contributed by atoms with van der Waals surface area (Å²) in [6, 6.07) is 8.30. The summed E-state index contributed by atoms with van der Waals surface area (Å²) in [4.78, 5) is 0.195.